The van der Waals surface area contributed by atoms with E-state index in [9.17, 15) is 4.79 Å². The lowest BCUT2D eigenvalue weighted by molar-refractivity contribution is 0.204. The molecule has 0 aliphatic carbocycles. The molecule has 2 amide bonds. The van der Waals surface area contributed by atoms with E-state index in [1.807, 2.05) is 23.1 Å². The summed E-state index contributed by atoms with van der Waals surface area (Å²) in [7, 11) is 0. The van der Waals surface area contributed by atoms with Gasteiger partial charge >= 0.3 is 6.03 Å². The first-order valence-corrected chi connectivity index (χ1v) is 8.99. The van der Waals surface area contributed by atoms with Crippen molar-refractivity contribution in [3.8, 4) is 6.07 Å². The van der Waals surface area contributed by atoms with Crippen molar-refractivity contribution < 1.29 is 4.79 Å². The van der Waals surface area contributed by atoms with E-state index in [0.717, 1.165) is 38.0 Å². The second-order valence-electron chi connectivity index (χ2n) is 6.90. The molecular weight excluding hydrogens is 300 g/mol. The summed E-state index contributed by atoms with van der Waals surface area (Å²) in [5.74, 6) is 0.626. The van der Waals surface area contributed by atoms with Gasteiger partial charge in [0.15, 0.2) is 0 Å². The Hall–Kier alpha value is -2.06. The third-order valence-corrected chi connectivity index (χ3v) is 5.03. The lowest BCUT2D eigenvalue weighted by Gasteiger charge is -2.21. The van der Waals surface area contributed by atoms with E-state index in [0.29, 0.717) is 18.0 Å². The zero-order valence-corrected chi connectivity index (χ0v) is 14.2. The molecule has 1 atom stereocenters. The number of likely N-dealkylation sites (tertiary alicyclic amines) is 2. The summed E-state index contributed by atoms with van der Waals surface area (Å²) in [5, 5.41) is 11.9. The second kappa shape index (κ2) is 8.16. The van der Waals surface area contributed by atoms with Gasteiger partial charge in [-0.2, -0.15) is 5.26 Å². The van der Waals surface area contributed by atoms with Crippen molar-refractivity contribution in [2.45, 2.75) is 25.7 Å². The predicted molar refractivity (Wildman–Crippen MR) is 93.6 cm³/mol. The summed E-state index contributed by atoms with van der Waals surface area (Å²) >= 11 is 0. The van der Waals surface area contributed by atoms with Crippen LogP contribution >= 0.6 is 0 Å². The number of carbonyl (C=O) groups excluding carboxylic acids is 1. The molecule has 2 saturated heterocycles. The molecule has 0 radical (unpaired) electrons. The van der Waals surface area contributed by atoms with Crippen LogP contribution in [0.15, 0.2) is 24.3 Å². The van der Waals surface area contributed by atoms with Gasteiger partial charge in [-0.05, 0) is 62.4 Å². The van der Waals surface area contributed by atoms with Crippen LogP contribution in [0.25, 0.3) is 0 Å². The fraction of sp³-hybridized carbons (Fsp3) is 0.579. The Morgan fingerprint density at radius 3 is 2.92 bits per heavy atom. The fourth-order valence-electron chi connectivity index (χ4n) is 3.72. The van der Waals surface area contributed by atoms with E-state index in [-0.39, 0.29) is 6.03 Å². The van der Waals surface area contributed by atoms with E-state index in [4.69, 9.17) is 5.26 Å². The zero-order valence-electron chi connectivity index (χ0n) is 14.2. The molecule has 0 bridgehead atoms. The molecular formula is C19H26N4O. The molecule has 5 nitrogen and oxygen atoms in total. The fourth-order valence-corrected chi connectivity index (χ4v) is 3.72. The van der Waals surface area contributed by atoms with Crippen LogP contribution in [-0.2, 0) is 6.42 Å². The first-order chi connectivity index (χ1) is 11.7. The lowest BCUT2D eigenvalue weighted by atomic mass is 10.1. The highest BCUT2D eigenvalue weighted by Gasteiger charge is 2.28. The first kappa shape index (κ1) is 16.8. The Morgan fingerprint density at radius 1 is 1.29 bits per heavy atom. The number of benzene rings is 1. The number of nitriles is 1. The molecule has 3 rings (SSSR count). The molecule has 2 aliphatic heterocycles. The summed E-state index contributed by atoms with van der Waals surface area (Å²) in [6, 6.07) is 9.76. The van der Waals surface area contributed by atoms with Crippen LogP contribution in [0, 0.1) is 17.2 Å². The number of hydrogen-bond donors (Lipinski definition) is 1. The van der Waals surface area contributed by atoms with Crippen molar-refractivity contribution >= 4 is 6.03 Å². The van der Waals surface area contributed by atoms with Gasteiger partial charge in [0.1, 0.15) is 0 Å². The van der Waals surface area contributed by atoms with Crippen molar-refractivity contribution in [3.63, 3.8) is 0 Å². The van der Waals surface area contributed by atoms with Gasteiger partial charge in [0.05, 0.1) is 11.6 Å². The van der Waals surface area contributed by atoms with Gasteiger partial charge in [0.2, 0.25) is 0 Å². The maximum absolute atomic E-state index is 12.3. The van der Waals surface area contributed by atoms with E-state index >= 15 is 0 Å². The molecule has 0 spiro atoms. The van der Waals surface area contributed by atoms with Gasteiger partial charge in [-0.15, -0.1) is 0 Å². The van der Waals surface area contributed by atoms with Crippen LogP contribution in [0.2, 0.25) is 0 Å². The van der Waals surface area contributed by atoms with E-state index in [1.54, 1.807) is 6.07 Å². The van der Waals surface area contributed by atoms with E-state index < -0.39 is 0 Å². The third-order valence-electron chi connectivity index (χ3n) is 5.03. The number of nitrogens with zero attached hydrogens (tertiary/aromatic N) is 3. The van der Waals surface area contributed by atoms with E-state index in [2.05, 4.69) is 16.3 Å². The second-order valence-corrected chi connectivity index (χ2v) is 6.90. The smallest absolute Gasteiger partial charge is 0.317 e. The molecule has 5 heteroatoms. The average molecular weight is 326 g/mol. The van der Waals surface area contributed by atoms with Crippen molar-refractivity contribution in [1.29, 1.82) is 5.26 Å². The first-order valence-electron chi connectivity index (χ1n) is 8.99. The summed E-state index contributed by atoms with van der Waals surface area (Å²) in [4.78, 5) is 16.8. The summed E-state index contributed by atoms with van der Waals surface area (Å²) in [5.41, 5.74) is 1.76. The Bertz CT molecular complexity index is 604. The van der Waals surface area contributed by atoms with Gasteiger partial charge in [0, 0.05) is 26.2 Å². The molecule has 0 saturated carbocycles. The summed E-state index contributed by atoms with van der Waals surface area (Å²) < 4.78 is 0. The highest BCUT2D eigenvalue weighted by Crippen LogP contribution is 2.19. The minimum absolute atomic E-state index is 0.0513. The van der Waals surface area contributed by atoms with Crippen LogP contribution in [0.4, 0.5) is 4.79 Å². The molecule has 1 N–H and O–H groups in total. The van der Waals surface area contributed by atoms with Gasteiger partial charge < -0.3 is 15.1 Å². The molecule has 2 aliphatic rings. The highest BCUT2D eigenvalue weighted by atomic mass is 16.2. The molecule has 0 unspecified atom stereocenters. The molecule has 2 fully saturated rings. The van der Waals surface area contributed by atoms with Crippen LogP contribution in [0.3, 0.4) is 0 Å². The zero-order chi connectivity index (χ0) is 16.8. The number of amides is 2. The van der Waals surface area contributed by atoms with Gasteiger partial charge in [-0.3, -0.25) is 0 Å². The number of rotatable bonds is 5. The third kappa shape index (κ3) is 4.48. The largest absolute Gasteiger partial charge is 0.338 e. The monoisotopic (exact) mass is 326 g/mol. The molecule has 2 heterocycles. The van der Waals surface area contributed by atoms with Crippen molar-refractivity contribution in [1.82, 2.24) is 15.1 Å². The van der Waals surface area contributed by atoms with Gasteiger partial charge in [0.25, 0.3) is 0 Å². The quantitative estimate of drug-likeness (QED) is 0.902. The van der Waals surface area contributed by atoms with Crippen molar-refractivity contribution in [2.75, 3.05) is 39.3 Å². The molecule has 0 aromatic heterocycles. The normalized spacial score (nSPS) is 21.0. The topological polar surface area (TPSA) is 59.4 Å². The van der Waals surface area contributed by atoms with Crippen molar-refractivity contribution in [3.05, 3.63) is 35.4 Å². The standard InChI is InChI=1S/C19H26N4O/c20-13-17-5-3-4-16(12-17)6-8-21-19(24)23-11-7-18(15-23)14-22-9-1-2-10-22/h3-5,12,18H,1-2,6-11,14-15H2,(H,21,24)/t18-/m0/s1. The van der Waals surface area contributed by atoms with Crippen LogP contribution < -0.4 is 5.32 Å². The van der Waals surface area contributed by atoms with E-state index in [1.165, 1.54) is 25.9 Å². The number of urea groups is 1. The Kier molecular flexibility index (Phi) is 5.71. The SMILES string of the molecule is N#Cc1cccc(CCNC(=O)N2CC[C@@H](CN3CCCC3)C2)c1. The summed E-state index contributed by atoms with van der Waals surface area (Å²) in [6.07, 6.45) is 4.52. The predicted octanol–water partition coefficient (Wildman–Crippen LogP) is 2.23. The minimum atomic E-state index is 0.0513. The van der Waals surface area contributed by atoms with Gasteiger partial charge in [-0.1, -0.05) is 12.1 Å². The Labute approximate surface area is 144 Å². The molecule has 1 aromatic carbocycles. The average Bonchev–Trinajstić information content (AvgIpc) is 3.27. The van der Waals surface area contributed by atoms with Crippen LogP contribution in [0.1, 0.15) is 30.4 Å². The molecule has 128 valence electrons. The molecule has 1 aromatic rings. The number of carbonyl (C=O) groups is 1. The lowest BCUT2D eigenvalue weighted by Crippen LogP contribution is -2.40. The molecule has 24 heavy (non-hydrogen) atoms. The maximum Gasteiger partial charge on any atom is 0.317 e. The Morgan fingerprint density at radius 2 is 2.12 bits per heavy atom. The van der Waals surface area contributed by atoms with Crippen LogP contribution in [-0.4, -0.2) is 55.1 Å². The maximum atomic E-state index is 12.3. The number of hydrogen-bond acceptors (Lipinski definition) is 3. The van der Waals surface area contributed by atoms with Crippen LogP contribution in [0.5, 0.6) is 0 Å². The van der Waals surface area contributed by atoms with Gasteiger partial charge in [-0.25, -0.2) is 4.79 Å². The van der Waals surface area contributed by atoms with Crippen molar-refractivity contribution in [2.24, 2.45) is 5.92 Å². The Balaban J connectivity index is 1.38. The highest BCUT2D eigenvalue weighted by molar-refractivity contribution is 5.74. The minimum Gasteiger partial charge on any atom is -0.338 e. The number of nitrogens with one attached hydrogen (secondary N) is 1. The summed E-state index contributed by atoms with van der Waals surface area (Å²) in [6.45, 7) is 5.96.